The van der Waals surface area contributed by atoms with Crippen LogP contribution in [-0.2, 0) is 33.5 Å². The summed E-state index contributed by atoms with van der Waals surface area (Å²) in [6.45, 7) is 3.84. The summed E-state index contributed by atoms with van der Waals surface area (Å²) in [6.07, 6.45) is 3.59. The minimum atomic E-state index is 0.835. The van der Waals surface area contributed by atoms with Gasteiger partial charge in [-0.05, 0) is 12.5 Å². The molecule has 0 aliphatic rings. The number of nitrogens with zero attached hydrogens (tertiary/aromatic N) is 5. The molecule has 0 bridgehead atoms. The lowest BCUT2D eigenvalue weighted by molar-refractivity contribution is 0.610. The van der Waals surface area contributed by atoms with Crippen molar-refractivity contribution in [3.8, 4) is 0 Å². The Morgan fingerprint density at radius 3 is 2.78 bits per heavy atom. The maximum absolute atomic E-state index is 4.42. The number of rotatable bonds is 6. The lowest BCUT2D eigenvalue weighted by Gasteiger charge is -2.04. The van der Waals surface area contributed by atoms with Gasteiger partial charge < -0.3 is 9.88 Å². The van der Waals surface area contributed by atoms with E-state index in [0.717, 1.165) is 37.4 Å². The highest BCUT2D eigenvalue weighted by Crippen LogP contribution is 2.03. The highest BCUT2D eigenvalue weighted by atomic mass is 15.3. The van der Waals surface area contributed by atoms with Crippen LogP contribution in [0.5, 0.6) is 0 Å². The predicted octanol–water partition coefficient (Wildman–Crippen LogP) is 0.443. The Labute approximate surface area is 107 Å². The van der Waals surface area contributed by atoms with E-state index in [1.807, 2.05) is 23.3 Å². The summed E-state index contributed by atoms with van der Waals surface area (Å²) in [5.41, 5.74) is 2.35. The van der Waals surface area contributed by atoms with Crippen molar-refractivity contribution in [1.29, 1.82) is 0 Å². The smallest absolute Gasteiger partial charge is 0.133 e. The molecule has 6 heteroatoms. The van der Waals surface area contributed by atoms with Gasteiger partial charge in [0.1, 0.15) is 12.2 Å². The molecule has 0 amide bonds. The number of hydrogen-bond donors (Lipinski definition) is 1. The molecule has 2 aromatic heterocycles. The Morgan fingerprint density at radius 1 is 1.33 bits per heavy atom. The Morgan fingerprint density at radius 2 is 2.17 bits per heavy atom. The highest BCUT2D eigenvalue weighted by molar-refractivity contribution is 5.09. The van der Waals surface area contributed by atoms with Gasteiger partial charge in [-0.25, -0.2) is 0 Å². The van der Waals surface area contributed by atoms with Gasteiger partial charge in [0.25, 0.3) is 0 Å². The molecular weight excluding hydrogens is 228 g/mol. The second kappa shape index (κ2) is 5.77. The van der Waals surface area contributed by atoms with Crippen LogP contribution in [0.1, 0.15) is 24.1 Å². The fourth-order valence-electron chi connectivity index (χ4n) is 1.86. The molecular formula is C12H20N6. The molecule has 0 aliphatic carbocycles. The molecule has 0 fully saturated rings. The average molecular weight is 248 g/mol. The first kappa shape index (κ1) is 12.8. The van der Waals surface area contributed by atoms with Crippen molar-refractivity contribution in [2.75, 3.05) is 6.54 Å². The van der Waals surface area contributed by atoms with Crippen LogP contribution in [0.2, 0.25) is 0 Å². The van der Waals surface area contributed by atoms with Gasteiger partial charge in [-0.15, -0.1) is 10.2 Å². The van der Waals surface area contributed by atoms with Crippen molar-refractivity contribution in [1.82, 2.24) is 29.9 Å². The molecule has 98 valence electrons. The lowest BCUT2D eigenvalue weighted by Crippen LogP contribution is -2.19. The van der Waals surface area contributed by atoms with Gasteiger partial charge in [-0.1, -0.05) is 6.92 Å². The van der Waals surface area contributed by atoms with Crippen LogP contribution in [0, 0.1) is 0 Å². The molecule has 0 aromatic carbocycles. The average Bonchev–Trinajstić information content (AvgIpc) is 2.92. The standard InChI is InChI=1S/C12H20N6/c1-4-10-7-11(18(3)16-10)8-13-6-5-12-15-14-9-17(12)2/h7,9,13H,4-6,8H2,1-3H3. The molecule has 0 atom stereocenters. The minimum Gasteiger partial charge on any atom is -0.321 e. The SMILES string of the molecule is CCc1cc(CNCCc2nncn2C)n(C)n1. The van der Waals surface area contributed by atoms with Crippen molar-refractivity contribution in [2.45, 2.75) is 26.3 Å². The Kier molecular flexibility index (Phi) is 4.09. The lowest BCUT2D eigenvalue weighted by atomic mass is 10.3. The van der Waals surface area contributed by atoms with Gasteiger partial charge in [0.05, 0.1) is 11.4 Å². The van der Waals surface area contributed by atoms with Crippen molar-refractivity contribution in [3.05, 3.63) is 29.6 Å². The van der Waals surface area contributed by atoms with E-state index in [9.17, 15) is 0 Å². The van der Waals surface area contributed by atoms with Crippen LogP contribution in [0.15, 0.2) is 12.4 Å². The summed E-state index contributed by atoms with van der Waals surface area (Å²) in [5.74, 6) is 1.00. The molecule has 0 aliphatic heterocycles. The molecule has 1 N–H and O–H groups in total. The van der Waals surface area contributed by atoms with E-state index in [1.54, 1.807) is 6.33 Å². The number of nitrogens with one attached hydrogen (secondary N) is 1. The normalized spacial score (nSPS) is 11.1. The van der Waals surface area contributed by atoms with Crippen LogP contribution in [0.3, 0.4) is 0 Å². The molecule has 6 nitrogen and oxygen atoms in total. The Hall–Kier alpha value is -1.69. The van der Waals surface area contributed by atoms with Gasteiger partial charge in [0.15, 0.2) is 0 Å². The van der Waals surface area contributed by atoms with Crippen LogP contribution in [0.4, 0.5) is 0 Å². The van der Waals surface area contributed by atoms with E-state index < -0.39 is 0 Å². The van der Waals surface area contributed by atoms with E-state index in [1.165, 1.54) is 5.69 Å². The molecule has 2 heterocycles. The summed E-state index contributed by atoms with van der Waals surface area (Å²) in [5, 5.41) is 15.7. The third kappa shape index (κ3) is 2.95. The van der Waals surface area contributed by atoms with Crippen LogP contribution in [-0.4, -0.2) is 31.1 Å². The van der Waals surface area contributed by atoms with Crippen molar-refractivity contribution < 1.29 is 0 Å². The molecule has 0 unspecified atom stereocenters. The van der Waals surface area contributed by atoms with E-state index in [0.29, 0.717) is 0 Å². The summed E-state index contributed by atoms with van der Waals surface area (Å²) < 4.78 is 3.88. The number of aromatic nitrogens is 5. The van der Waals surface area contributed by atoms with Gasteiger partial charge in [0.2, 0.25) is 0 Å². The van der Waals surface area contributed by atoms with Gasteiger partial charge in [-0.3, -0.25) is 4.68 Å². The Bertz CT molecular complexity index is 498. The maximum Gasteiger partial charge on any atom is 0.133 e. The zero-order valence-corrected chi connectivity index (χ0v) is 11.2. The molecule has 0 radical (unpaired) electrons. The first-order chi connectivity index (χ1) is 8.70. The number of hydrogen-bond acceptors (Lipinski definition) is 4. The van der Waals surface area contributed by atoms with Gasteiger partial charge >= 0.3 is 0 Å². The van der Waals surface area contributed by atoms with Crippen molar-refractivity contribution in [3.63, 3.8) is 0 Å². The summed E-state index contributed by atoms with van der Waals surface area (Å²) in [6, 6.07) is 2.15. The minimum absolute atomic E-state index is 0.835. The molecule has 0 spiro atoms. The molecule has 0 saturated carbocycles. The largest absolute Gasteiger partial charge is 0.321 e. The molecule has 18 heavy (non-hydrogen) atoms. The van der Waals surface area contributed by atoms with Crippen LogP contribution in [0.25, 0.3) is 0 Å². The van der Waals surface area contributed by atoms with E-state index in [2.05, 4.69) is 33.6 Å². The molecule has 2 rings (SSSR count). The summed E-state index contributed by atoms with van der Waals surface area (Å²) in [7, 11) is 3.95. The highest BCUT2D eigenvalue weighted by Gasteiger charge is 2.04. The molecule has 0 saturated heterocycles. The second-order valence-corrected chi connectivity index (χ2v) is 4.39. The third-order valence-corrected chi connectivity index (χ3v) is 3.03. The van der Waals surface area contributed by atoms with E-state index >= 15 is 0 Å². The first-order valence-corrected chi connectivity index (χ1v) is 6.26. The van der Waals surface area contributed by atoms with Gasteiger partial charge in [0, 0.05) is 33.6 Å². The van der Waals surface area contributed by atoms with Crippen LogP contribution >= 0.6 is 0 Å². The van der Waals surface area contributed by atoms with Crippen molar-refractivity contribution >= 4 is 0 Å². The van der Waals surface area contributed by atoms with E-state index in [-0.39, 0.29) is 0 Å². The fraction of sp³-hybridized carbons (Fsp3) is 0.583. The topological polar surface area (TPSA) is 60.6 Å². The number of aryl methyl sites for hydroxylation is 3. The quantitative estimate of drug-likeness (QED) is 0.754. The zero-order chi connectivity index (χ0) is 13.0. The second-order valence-electron chi connectivity index (χ2n) is 4.39. The van der Waals surface area contributed by atoms with Crippen molar-refractivity contribution in [2.24, 2.45) is 14.1 Å². The van der Waals surface area contributed by atoms with Gasteiger partial charge in [-0.2, -0.15) is 5.10 Å². The van der Waals surface area contributed by atoms with Crippen LogP contribution < -0.4 is 5.32 Å². The van der Waals surface area contributed by atoms with E-state index in [4.69, 9.17) is 0 Å². The predicted molar refractivity (Wildman–Crippen MR) is 69.0 cm³/mol. The summed E-state index contributed by atoms with van der Waals surface area (Å²) >= 11 is 0. The Balaban J connectivity index is 1.78. The first-order valence-electron chi connectivity index (χ1n) is 6.26. The summed E-state index contributed by atoms with van der Waals surface area (Å²) in [4.78, 5) is 0. The monoisotopic (exact) mass is 248 g/mol. The molecule has 2 aromatic rings. The maximum atomic E-state index is 4.42. The third-order valence-electron chi connectivity index (χ3n) is 3.03. The fourth-order valence-corrected chi connectivity index (χ4v) is 1.86. The zero-order valence-electron chi connectivity index (χ0n) is 11.2.